The second-order valence-electron chi connectivity index (χ2n) is 8.24. The molecule has 0 N–H and O–H groups in total. The zero-order valence-corrected chi connectivity index (χ0v) is 18.4. The van der Waals surface area contributed by atoms with Crippen LogP contribution < -0.4 is 10.3 Å². The van der Waals surface area contributed by atoms with Gasteiger partial charge in [0.2, 0.25) is 0 Å². The number of hydrogen-bond donors (Lipinski definition) is 0. The van der Waals surface area contributed by atoms with Crippen LogP contribution in [0.2, 0.25) is 0 Å². The van der Waals surface area contributed by atoms with Crippen LogP contribution in [0.5, 0.6) is 5.75 Å². The molecule has 0 saturated carbocycles. The maximum absolute atomic E-state index is 13.4. The van der Waals surface area contributed by atoms with Crippen molar-refractivity contribution in [3.63, 3.8) is 0 Å². The van der Waals surface area contributed by atoms with E-state index < -0.39 is 17.6 Å². The molecular weight excluding hydrogens is 437 g/mol. The number of fused-ring (bicyclic) bond motifs is 1. The first-order valence-corrected chi connectivity index (χ1v) is 10.4. The quantitative estimate of drug-likeness (QED) is 0.581. The summed E-state index contributed by atoms with van der Waals surface area (Å²) in [4.78, 5) is 31.6. The number of carbonyl (C=O) groups excluding carboxylic acids is 1. The minimum atomic E-state index is -4.54. The molecule has 174 valence electrons. The van der Waals surface area contributed by atoms with E-state index in [-0.39, 0.29) is 42.7 Å². The summed E-state index contributed by atoms with van der Waals surface area (Å²) < 4.78 is 48.6. The van der Waals surface area contributed by atoms with Crippen molar-refractivity contribution in [2.75, 3.05) is 6.54 Å². The van der Waals surface area contributed by atoms with Gasteiger partial charge in [0.05, 0.1) is 23.7 Å². The largest absolute Gasteiger partial charge is 0.491 e. The van der Waals surface area contributed by atoms with Crippen LogP contribution in [0.25, 0.3) is 5.69 Å². The predicted octanol–water partition coefficient (Wildman–Crippen LogP) is 3.80. The Morgan fingerprint density at radius 3 is 2.52 bits per heavy atom. The minimum Gasteiger partial charge on any atom is -0.491 e. The molecule has 0 unspecified atom stereocenters. The molecule has 0 radical (unpaired) electrons. The van der Waals surface area contributed by atoms with E-state index in [1.54, 1.807) is 43.7 Å². The molecule has 3 heterocycles. The van der Waals surface area contributed by atoms with Crippen LogP contribution in [-0.4, -0.2) is 37.6 Å². The molecule has 0 saturated heterocycles. The molecule has 0 fully saturated rings. The van der Waals surface area contributed by atoms with Gasteiger partial charge in [0, 0.05) is 25.8 Å². The van der Waals surface area contributed by atoms with Crippen molar-refractivity contribution in [1.82, 2.24) is 19.0 Å². The lowest BCUT2D eigenvalue weighted by Crippen LogP contribution is -2.44. The summed E-state index contributed by atoms with van der Waals surface area (Å²) in [6.07, 6.45) is -1.60. The van der Waals surface area contributed by atoms with Gasteiger partial charge in [-0.15, -0.1) is 0 Å². The fourth-order valence-corrected chi connectivity index (χ4v) is 3.84. The molecule has 0 atom stereocenters. The fraction of sp³-hybridized carbons (Fsp3) is 0.348. The first-order valence-electron chi connectivity index (χ1n) is 10.4. The second-order valence-corrected chi connectivity index (χ2v) is 8.24. The number of ether oxygens (including phenoxy) is 1. The number of halogens is 3. The summed E-state index contributed by atoms with van der Waals surface area (Å²) in [6, 6.07) is 6.59. The smallest absolute Gasteiger partial charge is 0.416 e. The lowest BCUT2D eigenvalue weighted by molar-refractivity contribution is -0.137. The molecule has 0 spiro atoms. The normalized spacial score (nSPS) is 14.0. The summed E-state index contributed by atoms with van der Waals surface area (Å²) >= 11 is 0. The first kappa shape index (κ1) is 22.6. The number of benzene rings is 1. The minimum absolute atomic E-state index is 0.0339. The maximum Gasteiger partial charge on any atom is 0.416 e. The van der Waals surface area contributed by atoms with Gasteiger partial charge in [-0.25, -0.2) is 4.98 Å². The highest BCUT2D eigenvalue weighted by molar-refractivity contribution is 5.93. The molecule has 10 heteroatoms. The molecule has 1 aliphatic heterocycles. The van der Waals surface area contributed by atoms with E-state index in [0.29, 0.717) is 11.3 Å². The van der Waals surface area contributed by atoms with Crippen LogP contribution >= 0.6 is 0 Å². The van der Waals surface area contributed by atoms with Crippen LogP contribution in [0.4, 0.5) is 13.2 Å². The number of nitrogens with zero attached hydrogens (tertiary/aromatic N) is 4. The molecule has 0 bridgehead atoms. The van der Waals surface area contributed by atoms with Crippen molar-refractivity contribution < 1.29 is 22.7 Å². The molecular formula is C23H23F3N4O3. The van der Waals surface area contributed by atoms with Gasteiger partial charge in [0.1, 0.15) is 17.1 Å². The van der Waals surface area contributed by atoms with Crippen molar-refractivity contribution in [2.45, 2.75) is 46.1 Å². The highest BCUT2D eigenvalue weighted by Crippen LogP contribution is 2.33. The van der Waals surface area contributed by atoms with Crippen LogP contribution in [0.3, 0.4) is 0 Å². The number of aryl methyl sites for hydroxylation is 1. The number of imidazole rings is 1. The Balaban J connectivity index is 1.63. The molecule has 33 heavy (non-hydrogen) atoms. The van der Waals surface area contributed by atoms with E-state index in [1.807, 2.05) is 0 Å². The van der Waals surface area contributed by atoms with E-state index >= 15 is 0 Å². The Morgan fingerprint density at radius 1 is 1.12 bits per heavy atom. The lowest BCUT2D eigenvalue weighted by atomic mass is 10.1. The highest BCUT2D eigenvalue weighted by atomic mass is 19.4. The Bertz CT molecular complexity index is 1260. The fourth-order valence-electron chi connectivity index (χ4n) is 3.84. The number of amides is 1. The van der Waals surface area contributed by atoms with E-state index in [4.69, 9.17) is 4.74 Å². The molecule has 2 aromatic heterocycles. The van der Waals surface area contributed by atoms with E-state index in [0.717, 1.165) is 17.8 Å². The Kier molecular flexibility index (Phi) is 5.77. The number of pyridine rings is 1. The third kappa shape index (κ3) is 4.64. The standard InChI is InChI=1S/C23H23F3N4O3/c1-14(2)33-18-9-16(8-17(10-18)23(24,25)26)12-28-6-7-30-20(21(28)31)5-4-19(22(30)32)29-11-15(3)27-13-29/h4-5,8-11,13-14H,6-7,12H2,1-3H3. The van der Waals surface area contributed by atoms with Crippen LogP contribution in [-0.2, 0) is 19.3 Å². The maximum atomic E-state index is 13.4. The second kappa shape index (κ2) is 8.42. The zero-order chi connectivity index (χ0) is 23.9. The molecule has 1 aliphatic rings. The van der Waals surface area contributed by atoms with Gasteiger partial charge >= 0.3 is 6.18 Å². The average molecular weight is 460 g/mol. The summed E-state index contributed by atoms with van der Waals surface area (Å²) in [6.45, 7) is 5.64. The molecule has 1 amide bonds. The molecule has 7 nitrogen and oxygen atoms in total. The van der Waals surface area contributed by atoms with Crippen molar-refractivity contribution in [3.05, 3.63) is 75.7 Å². The van der Waals surface area contributed by atoms with Crippen molar-refractivity contribution >= 4 is 5.91 Å². The molecule has 1 aromatic carbocycles. The van der Waals surface area contributed by atoms with Crippen molar-refractivity contribution in [2.24, 2.45) is 0 Å². The zero-order valence-electron chi connectivity index (χ0n) is 18.4. The molecule has 0 aliphatic carbocycles. The van der Waals surface area contributed by atoms with Crippen LogP contribution in [0.15, 0.2) is 47.7 Å². The monoisotopic (exact) mass is 460 g/mol. The third-order valence-corrected chi connectivity index (χ3v) is 5.28. The number of alkyl halides is 3. The Labute approximate surface area is 188 Å². The van der Waals surface area contributed by atoms with E-state index in [2.05, 4.69) is 4.98 Å². The topological polar surface area (TPSA) is 69.4 Å². The van der Waals surface area contributed by atoms with Crippen LogP contribution in [0.1, 0.15) is 41.2 Å². The predicted molar refractivity (Wildman–Crippen MR) is 115 cm³/mol. The van der Waals surface area contributed by atoms with Gasteiger partial charge in [-0.3, -0.25) is 9.59 Å². The number of carbonyl (C=O) groups is 1. The molecule has 4 rings (SSSR count). The molecule has 3 aromatic rings. The summed E-state index contributed by atoms with van der Waals surface area (Å²) in [5.74, 6) is -0.327. The van der Waals surface area contributed by atoms with Crippen molar-refractivity contribution in [1.29, 1.82) is 0 Å². The Morgan fingerprint density at radius 2 is 1.88 bits per heavy atom. The highest BCUT2D eigenvalue weighted by Gasteiger charge is 2.32. The van der Waals surface area contributed by atoms with Gasteiger partial charge < -0.3 is 18.8 Å². The Hall–Kier alpha value is -3.56. The summed E-state index contributed by atoms with van der Waals surface area (Å²) in [5, 5.41) is 0. The van der Waals surface area contributed by atoms with Gasteiger partial charge in [-0.2, -0.15) is 13.2 Å². The number of aromatic nitrogens is 3. The number of hydrogen-bond acceptors (Lipinski definition) is 4. The average Bonchev–Trinajstić information content (AvgIpc) is 3.15. The summed E-state index contributed by atoms with van der Waals surface area (Å²) in [5.41, 5.74) is 0.449. The lowest BCUT2D eigenvalue weighted by Gasteiger charge is -2.30. The third-order valence-electron chi connectivity index (χ3n) is 5.28. The van der Waals surface area contributed by atoms with Gasteiger partial charge in [0.25, 0.3) is 11.5 Å². The number of rotatable bonds is 5. The SMILES string of the molecule is Cc1cn(-c2ccc3n(c2=O)CCN(Cc2cc(OC(C)C)cc(C(F)(F)F)c2)C3=O)cn1. The van der Waals surface area contributed by atoms with E-state index in [9.17, 15) is 22.8 Å². The van der Waals surface area contributed by atoms with E-state index in [1.165, 1.54) is 21.9 Å². The van der Waals surface area contributed by atoms with Gasteiger partial charge in [-0.1, -0.05) is 0 Å². The summed E-state index contributed by atoms with van der Waals surface area (Å²) in [7, 11) is 0. The van der Waals surface area contributed by atoms with Crippen molar-refractivity contribution in [3.8, 4) is 11.4 Å². The van der Waals surface area contributed by atoms with Gasteiger partial charge in [0.15, 0.2) is 0 Å². The van der Waals surface area contributed by atoms with Gasteiger partial charge in [-0.05, 0) is 56.7 Å². The van der Waals surface area contributed by atoms with Crippen LogP contribution in [0, 0.1) is 6.92 Å². The first-order chi connectivity index (χ1) is 15.5.